The maximum Gasteiger partial charge on any atom is 0.393 e. The topological polar surface area (TPSA) is 118 Å². The van der Waals surface area contributed by atoms with Crippen molar-refractivity contribution in [3.05, 3.63) is 34.7 Å². The Balaban J connectivity index is 1.39. The minimum atomic E-state index is -0.971. The number of piperidine rings is 1. The minimum Gasteiger partial charge on any atom is -0.489 e. The summed E-state index contributed by atoms with van der Waals surface area (Å²) in [4.78, 5) is 27.7. The number of aromatic nitrogens is 4. The molecule has 1 aliphatic heterocycles. The van der Waals surface area contributed by atoms with E-state index in [0.29, 0.717) is 28.8 Å². The second kappa shape index (κ2) is 8.19. The van der Waals surface area contributed by atoms with Gasteiger partial charge >= 0.3 is 11.9 Å². The summed E-state index contributed by atoms with van der Waals surface area (Å²) in [7, 11) is 0. The summed E-state index contributed by atoms with van der Waals surface area (Å²) >= 11 is 3.39. The second-order valence-electron chi connectivity index (χ2n) is 6.67. The molecule has 3 heterocycles. The first-order valence-electron chi connectivity index (χ1n) is 9.08. The van der Waals surface area contributed by atoms with E-state index in [1.54, 1.807) is 12.3 Å². The average molecular weight is 466 g/mol. The Morgan fingerprint density at radius 2 is 2.21 bits per heavy atom. The highest BCUT2D eigenvalue weighted by molar-refractivity contribution is 9.10. The van der Waals surface area contributed by atoms with Gasteiger partial charge in [0.15, 0.2) is 0 Å². The van der Waals surface area contributed by atoms with Crippen LogP contribution >= 0.6 is 15.9 Å². The van der Waals surface area contributed by atoms with Gasteiger partial charge in [-0.05, 0) is 33.0 Å². The number of carboxylic acid groups (broad SMARTS) is 1. The number of H-pyrrole nitrogens is 2. The van der Waals surface area contributed by atoms with Crippen molar-refractivity contribution in [1.29, 1.82) is 0 Å². The van der Waals surface area contributed by atoms with Crippen molar-refractivity contribution >= 4 is 45.0 Å². The van der Waals surface area contributed by atoms with Gasteiger partial charge in [-0.1, -0.05) is 0 Å². The number of nitrogens with zero attached hydrogens (tertiary/aromatic N) is 3. The number of aromatic amines is 2. The Labute approximate surface area is 173 Å². The first kappa shape index (κ1) is 19.4. The molecule has 1 aromatic carbocycles. The van der Waals surface area contributed by atoms with Gasteiger partial charge in [-0.25, -0.2) is 9.37 Å². The molecule has 1 aliphatic rings. The molecule has 0 atom stereocenters. The van der Waals surface area contributed by atoms with Crippen molar-refractivity contribution in [2.75, 3.05) is 29.9 Å². The predicted octanol–water partition coefficient (Wildman–Crippen LogP) is 2.22. The third-order valence-electron chi connectivity index (χ3n) is 4.60. The standard InChI is InChI=1S/C18H18BrFN6O3/c19-12-2-1-10(20)7-14(12)29-11-3-5-26(6-4-11)18-22-8-13-16(25-18)24-17(23-13)21-9-15(27)28/h1-2,7-8,11H,3-6,9H2,(H,27,28)(H2,21,22,23,24,25)/p+1. The van der Waals surface area contributed by atoms with Crippen LogP contribution in [-0.2, 0) is 4.79 Å². The monoisotopic (exact) mass is 465 g/mol. The van der Waals surface area contributed by atoms with E-state index in [4.69, 9.17) is 9.84 Å². The highest BCUT2D eigenvalue weighted by Gasteiger charge is 2.28. The van der Waals surface area contributed by atoms with Gasteiger partial charge in [0.05, 0.1) is 23.8 Å². The number of fused-ring (bicyclic) bond motifs is 1. The number of halogens is 2. The molecule has 1 fully saturated rings. The molecule has 11 heteroatoms. The summed E-state index contributed by atoms with van der Waals surface area (Å²) in [5.41, 5.74) is 1.17. The first-order valence-corrected chi connectivity index (χ1v) is 9.88. The first-order chi connectivity index (χ1) is 14.0. The summed E-state index contributed by atoms with van der Waals surface area (Å²) < 4.78 is 20.1. The molecular formula is C18H19BrFN6O3+. The number of aliphatic carboxylic acids is 1. The van der Waals surface area contributed by atoms with E-state index < -0.39 is 5.97 Å². The van der Waals surface area contributed by atoms with Gasteiger partial charge in [-0.15, -0.1) is 0 Å². The van der Waals surface area contributed by atoms with Crippen LogP contribution in [0.25, 0.3) is 11.2 Å². The molecule has 0 radical (unpaired) electrons. The SMILES string of the molecule is O=C(O)CNc1nc2nc(N3CCC(Oc4cc(F)ccc4Br)CC3)[nH+]cc2[nH]1. The number of nitrogens with one attached hydrogen (secondary N) is 3. The highest BCUT2D eigenvalue weighted by Crippen LogP contribution is 2.29. The van der Waals surface area contributed by atoms with E-state index in [1.165, 1.54) is 12.1 Å². The molecule has 4 N–H and O–H groups in total. The number of rotatable bonds is 6. The lowest BCUT2D eigenvalue weighted by atomic mass is 10.1. The maximum absolute atomic E-state index is 13.4. The van der Waals surface area contributed by atoms with Crippen LogP contribution in [0.1, 0.15) is 12.8 Å². The van der Waals surface area contributed by atoms with E-state index in [0.717, 1.165) is 30.4 Å². The van der Waals surface area contributed by atoms with Gasteiger partial charge in [0.25, 0.3) is 5.65 Å². The molecule has 0 bridgehead atoms. The van der Waals surface area contributed by atoms with Crippen LogP contribution in [0.15, 0.2) is 28.9 Å². The summed E-state index contributed by atoms with van der Waals surface area (Å²) in [6.07, 6.45) is 3.28. The van der Waals surface area contributed by atoms with E-state index >= 15 is 0 Å². The second-order valence-corrected chi connectivity index (χ2v) is 7.53. The molecule has 0 spiro atoms. The fourth-order valence-corrected chi connectivity index (χ4v) is 3.51. The summed E-state index contributed by atoms with van der Waals surface area (Å²) in [5, 5.41) is 11.4. The van der Waals surface area contributed by atoms with Crippen LogP contribution < -0.4 is 19.9 Å². The van der Waals surface area contributed by atoms with Crippen LogP contribution in [0, 0.1) is 5.82 Å². The largest absolute Gasteiger partial charge is 0.489 e. The van der Waals surface area contributed by atoms with Crippen molar-refractivity contribution in [3.63, 3.8) is 0 Å². The fourth-order valence-electron chi connectivity index (χ4n) is 3.17. The number of anilines is 2. The lowest BCUT2D eigenvalue weighted by Gasteiger charge is -2.28. The molecule has 0 unspecified atom stereocenters. The zero-order valence-corrected chi connectivity index (χ0v) is 16.9. The van der Waals surface area contributed by atoms with Gasteiger partial charge in [0.1, 0.15) is 29.7 Å². The molecule has 0 aliphatic carbocycles. The van der Waals surface area contributed by atoms with Crippen molar-refractivity contribution in [1.82, 2.24) is 15.0 Å². The molecule has 9 nitrogen and oxygen atoms in total. The lowest BCUT2D eigenvalue weighted by Crippen LogP contribution is -2.41. The Bertz CT molecular complexity index is 1040. The molecule has 29 heavy (non-hydrogen) atoms. The van der Waals surface area contributed by atoms with Crippen molar-refractivity contribution in [3.8, 4) is 5.75 Å². The van der Waals surface area contributed by atoms with E-state index in [1.807, 2.05) is 0 Å². The summed E-state index contributed by atoms with van der Waals surface area (Å²) in [6, 6.07) is 4.40. The van der Waals surface area contributed by atoms with Crippen LogP contribution in [0.5, 0.6) is 5.75 Å². The smallest absolute Gasteiger partial charge is 0.393 e. The predicted molar refractivity (Wildman–Crippen MR) is 107 cm³/mol. The quantitative estimate of drug-likeness (QED) is 0.510. The average Bonchev–Trinajstić information content (AvgIpc) is 3.12. The lowest BCUT2D eigenvalue weighted by molar-refractivity contribution is -0.366. The van der Waals surface area contributed by atoms with Gasteiger partial charge in [0.2, 0.25) is 5.95 Å². The van der Waals surface area contributed by atoms with Gasteiger partial charge in [-0.2, -0.15) is 4.98 Å². The van der Waals surface area contributed by atoms with Crippen LogP contribution in [-0.4, -0.2) is 51.8 Å². The highest BCUT2D eigenvalue weighted by atomic mass is 79.9. The Hall–Kier alpha value is -2.95. The number of ether oxygens (including phenoxy) is 1. The summed E-state index contributed by atoms with van der Waals surface area (Å²) in [6.45, 7) is 1.22. The summed E-state index contributed by atoms with van der Waals surface area (Å²) in [5.74, 6) is 0.241. The number of carboxylic acids is 1. The van der Waals surface area contributed by atoms with Crippen LogP contribution in [0.4, 0.5) is 16.3 Å². The molecule has 4 rings (SSSR count). The zero-order chi connectivity index (χ0) is 20.4. The normalized spacial score (nSPS) is 14.9. The maximum atomic E-state index is 13.4. The molecule has 0 saturated carbocycles. The zero-order valence-electron chi connectivity index (χ0n) is 15.3. The van der Waals surface area contributed by atoms with E-state index in [9.17, 15) is 9.18 Å². The van der Waals surface area contributed by atoms with Gasteiger partial charge in [-0.3, -0.25) is 9.69 Å². The van der Waals surface area contributed by atoms with E-state index in [-0.39, 0.29) is 18.5 Å². The molecule has 1 saturated heterocycles. The number of imidazole rings is 1. The molecule has 2 aromatic heterocycles. The number of benzene rings is 1. The van der Waals surface area contributed by atoms with Crippen molar-refractivity contribution in [2.24, 2.45) is 0 Å². The van der Waals surface area contributed by atoms with E-state index in [2.05, 4.69) is 46.1 Å². The van der Waals surface area contributed by atoms with Crippen molar-refractivity contribution < 1.29 is 24.0 Å². The molecule has 152 valence electrons. The number of hydrogen-bond donors (Lipinski definition) is 3. The van der Waals surface area contributed by atoms with Gasteiger partial charge in [0, 0.05) is 18.9 Å². The molecular weight excluding hydrogens is 447 g/mol. The Morgan fingerprint density at radius 3 is 2.97 bits per heavy atom. The molecule has 0 amide bonds. The van der Waals surface area contributed by atoms with Crippen molar-refractivity contribution in [2.45, 2.75) is 18.9 Å². The van der Waals surface area contributed by atoms with Gasteiger partial charge < -0.3 is 20.1 Å². The Kier molecular flexibility index (Phi) is 5.47. The number of hydrogen-bond acceptors (Lipinski definition) is 6. The third-order valence-corrected chi connectivity index (χ3v) is 5.26. The number of carbonyl (C=O) groups is 1. The van der Waals surface area contributed by atoms with Crippen LogP contribution in [0.2, 0.25) is 0 Å². The van der Waals surface area contributed by atoms with Crippen LogP contribution in [0.3, 0.4) is 0 Å². The molecule has 3 aromatic rings. The minimum absolute atomic E-state index is 0.00899. The fraction of sp³-hybridized carbons (Fsp3) is 0.333. The Morgan fingerprint density at radius 1 is 1.41 bits per heavy atom. The third kappa shape index (κ3) is 4.56.